The summed E-state index contributed by atoms with van der Waals surface area (Å²) in [5, 5.41) is 37.7. The zero-order valence-electron chi connectivity index (χ0n) is 23.9. The Bertz CT molecular complexity index is 1720. The second-order valence-corrected chi connectivity index (χ2v) is 9.80. The molecule has 0 fully saturated rings. The third kappa shape index (κ3) is 7.43. The van der Waals surface area contributed by atoms with E-state index in [9.17, 15) is 29.7 Å². The van der Waals surface area contributed by atoms with E-state index < -0.39 is 17.9 Å². The van der Waals surface area contributed by atoms with Crippen molar-refractivity contribution in [3.05, 3.63) is 143 Å². The van der Waals surface area contributed by atoms with E-state index in [0.717, 1.165) is 49.0 Å². The molecule has 0 heterocycles. The Morgan fingerprint density at radius 1 is 0.395 bits per heavy atom. The summed E-state index contributed by atoms with van der Waals surface area (Å²) in [6, 6.07) is 32.7. The zero-order chi connectivity index (χ0) is 30.4. The standard InChI is InChI=1S/3C12H10O2.In/c3*1-8-4-2-5-9-6-3-7-10(11(8)9)12(13)14;/h3*2-7H,1H3,(H,13,14);/q;;;+3/p-3. The van der Waals surface area contributed by atoms with Crippen LogP contribution in [0.2, 0.25) is 0 Å². The summed E-state index contributed by atoms with van der Waals surface area (Å²) in [5.41, 5.74) is 3.67. The van der Waals surface area contributed by atoms with Gasteiger partial charge in [-0.1, -0.05) is 109 Å². The molecule has 0 radical (unpaired) electrons. The van der Waals surface area contributed by atoms with E-state index in [1.54, 1.807) is 36.4 Å². The molecular weight excluding hydrogens is 643 g/mol. The van der Waals surface area contributed by atoms with E-state index in [2.05, 4.69) is 0 Å². The largest absolute Gasteiger partial charge is 3.00 e. The van der Waals surface area contributed by atoms with Crippen molar-refractivity contribution in [3.8, 4) is 0 Å². The Labute approximate surface area is 268 Å². The molecule has 0 N–H and O–H groups in total. The maximum atomic E-state index is 10.9. The minimum atomic E-state index is -1.12. The summed E-state index contributed by atoms with van der Waals surface area (Å²) >= 11 is 0. The van der Waals surface area contributed by atoms with E-state index >= 15 is 0 Å². The molecule has 0 saturated carbocycles. The van der Waals surface area contributed by atoms with Gasteiger partial charge in [0, 0.05) is 16.7 Å². The number of benzene rings is 6. The quantitative estimate of drug-likeness (QED) is 0.279. The van der Waals surface area contributed by atoms with Gasteiger partial charge in [-0.25, -0.2) is 0 Å². The number of rotatable bonds is 3. The predicted octanol–water partition coefficient (Wildman–Crippen LogP) is 4.15. The molecule has 6 aromatic carbocycles. The maximum absolute atomic E-state index is 10.9. The first-order valence-electron chi connectivity index (χ1n) is 13.2. The Morgan fingerprint density at radius 3 is 0.814 bits per heavy atom. The van der Waals surface area contributed by atoms with Crippen molar-refractivity contribution in [2.24, 2.45) is 0 Å². The van der Waals surface area contributed by atoms with Crippen LogP contribution in [0, 0.1) is 20.8 Å². The number of hydrogen-bond donors (Lipinski definition) is 0. The molecule has 0 aliphatic carbocycles. The maximum Gasteiger partial charge on any atom is 3.00 e. The second kappa shape index (κ2) is 14.5. The Kier molecular flexibility index (Phi) is 11.1. The van der Waals surface area contributed by atoms with E-state index in [1.165, 1.54) is 0 Å². The summed E-state index contributed by atoms with van der Waals surface area (Å²) in [4.78, 5) is 32.6. The number of fused-ring (bicyclic) bond motifs is 3. The SMILES string of the molecule is Cc1cccc2cccc(C(=O)[O-])c12.Cc1cccc2cccc(C(=O)[O-])c12.Cc1cccc2cccc(C(=O)[O-])c12.[In+3]. The van der Waals surface area contributed by atoms with Crippen LogP contribution in [0.25, 0.3) is 32.3 Å². The molecular formula is C36H27InO6. The fraction of sp³-hybridized carbons (Fsp3) is 0.0833. The fourth-order valence-electron chi connectivity index (χ4n) is 5.10. The molecule has 0 bridgehead atoms. The van der Waals surface area contributed by atoms with Crippen LogP contribution < -0.4 is 15.3 Å². The van der Waals surface area contributed by atoms with E-state index in [-0.39, 0.29) is 42.5 Å². The average molecular weight is 670 g/mol. The minimum Gasteiger partial charge on any atom is -0.545 e. The van der Waals surface area contributed by atoms with Crippen molar-refractivity contribution in [2.75, 3.05) is 0 Å². The number of hydrogen-bond acceptors (Lipinski definition) is 6. The monoisotopic (exact) mass is 670 g/mol. The molecule has 0 amide bonds. The first-order chi connectivity index (χ1) is 20.1. The fourth-order valence-corrected chi connectivity index (χ4v) is 5.10. The van der Waals surface area contributed by atoms with Crippen LogP contribution in [0.1, 0.15) is 47.8 Å². The first-order valence-corrected chi connectivity index (χ1v) is 13.2. The molecule has 0 spiro atoms. The molecule has 6 rings (SSSR count). The van der Waals surface area contributed by atoms with Gasteiger partial charge in [-0.15, -0.1) is 0 Å². The molecule has 210 valence electrons. The summed E-state index contributed by atoms with van der Waals surface area (Å²) in [6.45, 7) is 5.69. The van der Waals surface area contributed by atoms with Gasteiger partial charge < -0.3 is 29.7 Å². The molecule has 7 heteroatoms. The van der Waals surface area contributed by atoms with Crippen LogP contribution in [0.3, 0.4) is 0 Å². The molecule has 0 aliphatic heterocycles. The number of aromatic carboxylic acids is 3. The number of carbonyl (C=O) groups excluding carboxylic acids is 3. The van der Waals surface area contributed by atoms with Crippen molar-refractivity contribution < 1.29 is 29.7 Å². The molecule has 6 aromatic rings. The van der Waals surface area contributed by atoms with Gasteiger partial charge in [-0.05, 0) is 69.8 Å². The number of carboxylic acid groups (broad SMARTS) is 3. The van der Waals surface area contributed by atoms with Gasteiger partial charge in [-0.3, -0.25) is 0 Å². The van der Waals surface area contributed by atoms with Gasteiger partial charge >= 0.3 is 25.8 Å². The van der Waals surface area contributed by atoms with Crippen molar-refractivity contribution in [1.82, 2.24) is 0 Å². The summed E-state index contributed by atoms with van der Waals surface area (Å²) in [5.74, 6) is -3.36. The molecule has 43 heavy (non-hydrogen) atoms. The summed E-state index contributed by atoms with van der Waals surface area (Å²) in [6.07, 6.45) is 0. The topological polar surface area (TPSA) is 120 Å². The average Bonchev–Trinajstić information content (AvgIpc) is 2.97. The van der Waals surface area contributed by atoms with Crippen LogP contribution in [0.4, 0.5) is 0 Å². The molecule has 0 aromatic heterocycles. The third-order valence-electron chi connectivity index (χ3n) is 7.00. The van der Waals surface area contributed by atoms with Gasteiger partial charge in [0.25, 0.3) is 0 Å². The third-order valence-corrected chi connectivity index (χ3v) is 7.00. The van der Waals surface area contributed by atoms with Crippen molar-refractivity contribution in [2.45, 2.75) is 20.8 Å². The Balaban J connectivity index is 0.000000175. The number of aryl methyl sites for hydroxylation is 3. The minimum absolute atomic E-state index is 0. The van der Waals surface area contributed by atoms with Gasteiger partial charge in [-0.2, -0.15) is 0 Å². The second-order valence-electron chi connectivity index (χ2n) is 9.80. The van der Waals surface area contributed by atoms with E-state index in [0.29, 0.717) is 0 Å². The molecule has 0 unspecified atom stereocenters. The van der Waals surface area contributed by atoms with Gasteiger partial charge in [0.05, 0.1) is 17.9 Å². The van der Waals surface area contributed by atoms with Crippen molar-refractivity contribution in [3.63, 3.8) is 0 Å². The molecule has 0 atom stereocenters. The molecule has 6 nitrogen and oxygen atoms in total. The van der Waals surface area contributed by atoms with Gasteiger partial charge in [0.2, 0.25) is 0 Å². The van der Waals surface area contributed by atoms with E-state index in [4.69, 9.17) is 0 Å². The zero-order valence-corrected chi connectivity index (χ0v) is 27.2. The number of carbonyl (C=O) groups is 3. The van der Waals surface area contributed by atoms with Crippen LogP contribution in [-0.4, -0.2) is 43.8 Å². The smallest absolute Gasteiger partial charge is 0.545 e. The van der Waals surface area contributed by atoms with Crippen LogP contribution in [-0.2, 0) is 0 Å². The van der Waals surface area contributed by atoms with Gasteiger partial charge in [0.1, 0.15) is 0 Å². The summed E-state index contributed by atoms with van der Waals surface area (Å²) < 4.78 is 0. The predicted molar refractivity (Wildman–Crippen MR) is 165 cm³/mol. The van der Waals surface area contributed by atoms with Crippen molar-refractivity contribution in [1.29, 1.82) is 0 Å². The van der Waals surface area contributed by atoms with Crippen molar-refractivity contribution >= 4 is 76.1 Å². The van der Waals surface area contributed by atoms with Gasteiger partial charge in [0.15, 0.2) is 0 Å². The summed E-state index contributed by atoms with van der Waals surface area (Å²) in [7, 11) is 0. The van der Waals surface area contributed by atoms with E-state index in [1.807, 2.05) is 93.6 Å². The van der Waals surface area contributed by atoms with Crippen LogP contribution in [0.15, 0.2) is 109 Å². The molecule has 0 aliphatic rings. The first kappa shape index (κ1) is 32.9. The molecule has 0 saturated heterocycles. The Hall–Kier alpha value is -4.62. The van der Waals surface area contributed by atoms with Crippen LogP contribution in [0.5, 0.6) is 0 Å². The normalized spacial score (nSPS) is 10.1. The Morgan fingerprint density at radius 2 is 0.605 bits per heavy atom. The number of carboxylic acids is 3. The van der Waals surface area contributed by atoms with Crippen LogP contribution >= 0.6 is 0 Å².